The van der Waals surface area contributed by atoms with Gasteiger partial charge in [0.25, 0.3) is 0 Å². The van der Waals surface area contributed by atoms with Gasteiger partial charge in [-0.05, 0) is 23.6 Å². The predicted octanol–water partition coefficient (Wildman–Crippen LogP) is 1.68. The molecule has 0 aliphatic rings. The van der Waals surface area contributed by atoms with Crippen LogP contribution in [0.3, 0.4) is 0 Å². The van der Waals surface area contributed by atoms with Crippen LogP contribution in [-0.4, -0.2) is 13.2 Å². The Balaban J connectivity index is 2.56. The van der Waals surface area contributed by atoms with Crippen LogP contribution in [0.5, 0.6) is 5.75 Å². The van der Waals surface area contributed by atoms with Crippen LogP contribution in [0.1, 0.15) is 25.5 Å². The SMILES string of the molecule is CC(C)COc1ccc([C@@H](N)CN)cc1. The highest BCUT2D eigenvalue weighted by Crippen LogP contribution is 2.16. The molecule has 0 radical (unpaired) electrons. The first-order valence-electron chi connectivity index (χ1n) is 5.32. The van der Waals surface area contributed by atoms with E-state index in [9.17, 15) is 0 Å². The van der Waals surface area contributed by atoms with Gasteiger partial charge in [-0.15, -0.1) is 0 Å². The minimum atomic E-state index is -0.0795. The predicted molar refractivity (Wildman–Crippen MR) is 62.8 cm³/mol. The van der Waals surface area contributed by atoms with Crippen LogP contribution in [0, 0.1) is 5.92 Å². The molecule has 0 aliphatic carbocycles. The molecule has 4 N–H and O–H groups in total. The molecule has 0 amide bonds. The number of hydrogen-bond acceptors (Lipinski definition) is 3. The van der Waals surface area contributed by atoms with E-state index in [1.807, 2.05) is 24.3 Å². The lowest BCUT2D eigenvalue weighted by Gasteiger charge is -2.11. The van der Waals surface area contributed by atoms with E-state index < -0.39 is 0 Å². The maximum Gasteiger partial charge on any atom is 0.119 e. The van der Waals surface area contributed by atoms with Crippen molar-refractivity contribution < 1.29 is 4.74 Å². The zero-order valence-corrected chi connectivity index (χ0v) is 9.44. The molecule has 1 aromatic carbocycles. The van der Waals surface area contributed by atoms with Crippen molar-refractivity contribution >= 4 is 0 Å². The van der Waals surface area contributed by atoms with Crippen molar-refractivity contribution in [1.82, 2.24) is 0 Å². The summed E-state index contributed by atoms with van der Waals surface area (Å²) in [6.07, 6.45) is 0. The molecule has 3 heteroatoms. The first-order valence-corrected chi connectivity index (χ1v) is 5.32. The molecule has 15 heavy (non-hydrogen) atoms. The van der Waals surface area contributed by atoms with E-state index in [2.05, 4.69) is 13.8 Å². The van der Waals surface area contributed by atoms with Crippen molar-refractivity contribution in [3.63, 3.8) is 0 Å². The molecule has 0 aromatic heterocycles. The van der Waals surface area contributed by atoms with Crippen molar-refractivity contribution in [2.75, 3.05) is 13.2 Å². The van der Waals surface area contributed by atoms with Crippen LogP contribution < -0.4 is 16.2 Å². The third-order valence-electron chi connectivity index (χ3n) is 2.15. The van der Waals surface area contributed by atoms with Crippen molar-refractivity contribution in [2.45, 2.75) is 19.9 Å². The van der Waals surface area contributed by atoms with Gasteiger partial charge in [0, 0.05) is 12.6 Å². The van der Waals surface area contributed by atoms with E-state index in [0.717, 1.165) is 17.9 Å². The normalized spacial score (nSPS) is 12.9. The third kappa shape index (κ3) is 3.90. The number of benzene rings is 1. The fourth-order valence-electron chi connectivity index (χ4n) is 1.21. The minimum absolute atomic E-state index is 0.0795. The fraction of sp³-hybridized carbons (Fsp3) is 0.500. The van der Waals surface area contributed by atoms with Crippen LogP contribution >= 0.6 is 0 Å². The summed E-state index contributed by atoms with van der Waals surface area (Å²) in [4.78, 5) is 0. The monoisotopic (exact) mass is 208 g/mol. The number of hydrogen-bond donors (Lipinski definition) is 2. The van der Waals surface area contributed by atoms with Gasteiger partial charge in [0.05, 0.1) is 6.61 Å². The number of rotatable bonds is 5. The second-order valence-corrected chi connectivity index (χ2v) is 4.12. The maximum absolute atomic E-state index is 5.80. The Labute approximate surface area is 91.4 Å². The molecule has 84 valence electrons. The van der Waals surface area contributed by atoms with Crippen LogP contribution in [0.4, 0.5) is 0 Å². The largest absolute Gasteiger partial charge is 0.493 e. The zero-order chi connectivity index (χ0) is 11.3. The Morgan fingerprint density at radius 3 is 2.27 bits per heavy atom. The number of ether oxygens (including phenoxy) is 1. The van der Waals surface area contributed by atoms with Crippen LogP contribution in [0.25, 0.3) is 0 Å². The highest BCUT2D eigenvalue weighted by atomic mass is 16.5. The molecule has 0 unspecified atom stereocenters. The lowest BCUT2D eigenvalue weighted by molar-refractivity contribution is 0.271. The van der Waals surface area contributed by atoms with Crippen molar-refractivity contribution in [3.8, 4) is 5.75 Å². The van der Waals surface area contributed by atoms with Crippen molar-refractivity contribution in [3.05, 3.63) is 29.8 Å². The van der Waals surface area contributed by atoms with E-state index >= 15 is 0 Å². The average Bonchev–Trinajstić information content (AvgIpc) is 2.26. The summed E-state index contributed by atoms with van der Waals surface area (Å²) < 4.78 is 5.56. The summed E-state index contributed by atoms with van der Waals surface area (Å²) >= 11 is 0. The topological polar surface area (TPSA) is 61.3 Å². The van der Waals surface area contributed by atoms with Gasteiger partial charge in [0.15, 0.2) is 0 Å². The molecular formula is C12H20N2O. The van der Waals surface area contributed by atoms with Gasteiger partial charge in [-0.3, -0.25) is 0 Å². The molecule has 0 heterocycles. The van der Waals surface area contributed by atoms with Gasteiger partial charge in [-0.1, -0.05) is 26.0 Å². The quantitative estimate of drug-likeness (QED) is 0.774. The van der Waals surface area contributed by atoms with Gasteiger partial charge >= 0.3 is 0 Å². The smallest absolute Gasteiger partial charge is 0.119 e. The standard InChI is InChI=1S/C12H20N2O/c1-9(2)8-15-11-5-3-10(4-6-11)12(14)7-13/h3-6,9,12H,7-8,13-14H2,1-2H3/t12-/m0/s1. The Kier molecular flexibility index (Phi) is 4.59. The summed E-state index contributed by atoms with van der Waals surface area (Å²) in [6, 6.07) is 7.73. The van der Waals surface area contributed by atoms with Gasteiger partial charge in [0.1, 0.15) is 5.75 Å². The molecule has 1 atom stereocenters. The molecule has 0 bridgehead atoms. The van der Waals surface area contributed by atoms with Crippen LogP contribution in [0.2, 0.25) is 0 Å². The number of nitrogens with two attached hydrogens (primary N) is 2. The second-order valence-electron chi connectivity index (χ2n) is 4.12. The summed E-state index contributed by atoms with van der Waals surface area (Å²) in [6.45, 7) is 5.45. The maximum atomic E-state index is 5.80. The Bertz CT molecular complexity index is 282. The highest BCUT2D eigenvalue weighted by Gasteiger charge is 2.03. The van der Waals surface area contributed by atoms with Crippen LogP contribution in [-0.2, 0) is 0 Å². The Morgan fingerprint density at radius 2 is 1.80 bits per heavy atom. The first-order chi connectivity index (χ1) is 7.13. The molecule has 3 nitrogen and oxygen atoms in total. The fourth-order valence-corrected chi connectivity index (χ4v) is 1.21. The Morgan fingerprint density at radius 1 is 1.20 bits per heavy atom. The highest BCUT2D eigenvalue weighted by molar-refractivity contribution is 5.29. The van der Waals surface area contributed by atoms with Gasteiger partial charge in [-0.25, -0.2) is 0 Å². The summed E-state index contributed by atoms with van der Waals surface area (Å²) in [5, 5.41) is 0. The second kappa shape index (κ2) is 5.73. The van der Waals surface area contributed by atoms with Gasteiger partial charge in [0.2, 0.25) is 0 Å². The van der Waals surface area contributed by atoms with Crippen molar-refractivity contribution in [2.24, 2.45) is 17.4 Å². The summed E-state index contributed by atoms with van der Waals surface area (Å²) in [7, 11) is 0. The lowest BCUT2D eigenvalue weighted by atomic mass is 10.1. The zero-order valence-electron chi connectivity index (χ0n) is 9.44. The first kappa shape index (κ1) is 12.0. The van der Waals surface area contributed by atoms with Gasteiger partial charge < -0.3 is 16.2 Å². The summed E-state index contributed by atoms with van der Waals surface area (Å²) in [5.74, 6) is 1.42. The summed E-state index contributed by atoms with van der Waals surface area (Å²) in [5.41, 5.74) is 12.3. The van der Waals surface area contributed by atoms with E-state index in [1.165, 1.54) is 0 Å². The van der Waals surface area contributed by atoms with E-state index in [1.54, 1.807) is 0 Å². The lowest BCUT2D eigenvalue weighted by Crippen LogP contribution is -2.20. The van der Waals surface area contributed by atoms with E-state index in [4.69, 9.17) is 16.2 Å². The Hall–Kier alpha value is -1.06. The van der Waals surface area contributed by atoms with Crippen molar-refractivity contribution in [1.29, 1.82) is 0 Å². The molecular weight excluding hydrogens is 188 g/mol. The third-order valence-corrected chi connectivity index (χ3v) is 2.15. The molecule has 1 aromatic rings. The van der Waals surface area contributed by atoms with E-state index in [-0.39, 0.29) is 6.04 Å². The molecule has 0 fully saturated rings. The molecule has 0 saturated heterocycles. The molecule has 0 aliphatic heterocycles. The van der Waals surface area contributed by atoms with Crippen LogP contribution in [0.15, 0.2) is 24.3 Å². The van der Waals surface area contributed by atoms with E-state index in [0.29, 0.717) is 12.5 Å². The van der Waals surface area contributed by atoms with Gasteiger partial charge in [-0.2, -0.15) is 0 Å². The molecule has 0 spiro atoms. The molecule has 0 saturated carbocycles. The molecule has 1 rings (SSSR count). The average molecular weight is 208 g/mol. The minimum Gasteiger partial charge on any atom is -0.493 e.